The highest BCUT2D eigenvalue weighted by molar-refractivity contribution is 14.0. The molecule has 134 valence electrons. The van der Waals surface area contributed by atoms with Gasteiger partial charge in [-0.2, -0.15) is 0 Å². The van der Waals surface area contributed by atoms with E-state index in [1.165, 1.54) is 25.8 Å². The van der Waals surface area contributed by atoms with Gasteiger partial charge in [0.1, 0.15) is 0 Å². The van der Waals surface area contributed by atoms with E-state index in [1.54, 1.807) is 5.57 Å². The monoisotopic (exact) mass is 434 g/mol. The van der Waals surface area contributed by atoms with Crippen molar-refractivity contribution in [2.75, 3.05) is 26.2 Å². The fraction of sp³-hybridized carbons (Fsp3) is 0.833. The highest BCUT2D eigenvalue weighted by Gasteiger charge is 2.31. The van der Waals surface area contributed by atoms with E-state index in [9.17, 15) is 0 Å². The molecular formula is C18H35IN4. The fourth-order valence-corrected chi connectivity index (χ4v) is 3.39. The highest BCUT2D eigenvalue weighted by Crippen LogP contribution is 2.20. The van der Waals surface area contributed by atoms with Crippen LogP contribution >= 0.6 is 24.0 Å². The van der Waals surface area contributed by atoms with Gasteiger partial charge in [-0.1, -0.05) is 18.6 Å². The minimum absolute atomic E-state index is 0. The van der Waals surface area contributed by atoms with Crippen molar-refractivity contribution in [2.45, 2.75) is 65.5 Å². The molecule has 1 fully saturated rings. The molecule has 0 amide bonds. The molecule has 2 atom stereocenters. The number of nitrogens with zero attached hydrogens (tertiary/aromatic N) is 2. The Morgan fingerprint density at radius 2 is 2.17 bits per heavy atom. The van der Waals surface area contributed by atoms with E-state index in [-0.39, 0.29) is 24.0 Å². The van der Waals surface area contributed by atoms with Crippen LogP contribution in [0.5, 0.6) is 0 Å². The van der Waals surface area contributed by atoms with Crippen LogP contribution in [0.4, 0.5) is 0 Å². The predicted molar refractivity (Wildman–Crippen MR) is 111 cm³/mol. The number of hydrogen-bond donors (Lipinski definition) is 2. The van der Waals surface area contributed by atoms with E-state index in [2.05, 4.69) is 49.3 Å². The lowest BCUT2D eigenvalue weighted by Crippen LogP contribution is -2.46. The minimum atomic E-state index is 0. The molecule has 1 aliphatic heterocycles. The number of aliphatic imine (C=N–C) groups is 1. The first kappa shape index (κ1) is 20.7. The molecule has 0 bridgehead atoms. The van der Waals surface area contributed by atoms with E-state index in [1.807, 2.05) is 0 Å². The highest BCUT2D eigenvalue weighted by atomic mass is 127. The third-order valence-electron chi connectivity index (χ3n) is 4.88. The number of nitrogens with one attached hydrogen (secondary N) is 2. The number of rotatable bonds is 6. The Hall–Kier alpha value is -0.300. The van der Waals surface area contributed by atoms with Crippen LogP contribution in [0.15, 0.2) is 16.6 Å². The third kappa shape index (κ3) is 6.61. The van der Waals surface area contributed by atoms with E-state index < -0.39 is 0 Å². The van der Waals surface area contributed by atoms with E-state index in [0.29, 0.717) is 18.0 Å². The lowest BCUT2D eigenvalue weighted by Gasteiger charge is -2.22. The molecule has 1 aliphatic carbocycles. The van der Waals surface area contributed by atoms with Gasteiger partial charge >= 0.3 is 0 Å². The van der Waals surface area contributed by atoms with Crippen LogP contribution in [-0.4, -0.2) is 49.1 Å². The fourth-order valence-electron chi connectivity index (χ4n) is 3.39. The van der Waals surface area contributed by atoms with E-state index >= 15 is 0 Å². The van der Waals surface area contributed by atoms with Crippen molar-refractivity contribution in [3.05, 3.63) is 11.6 Å². The molecule has 0 aromatic rings. The quantitative estimate of drug-likeness (QED) is 0.292. The number of halogens is 1. The first-order valence-electron chi connectivity index (χ1n) is 9.07. The molecular weight excluding hydrogens is 399 g/mol. The largest absolute Gasteiger partial charge is 0.357 e. The normalized spacial score (nSPS) is 25.4. The lowest BCUT2D eigenvalue weighted by molar-refractivity contribution is 0.265. The lowest BCUT2D eigenvalue weighted by atomic mass is 10.1. The Bertz CT molecular complexity index is 406. The van der Waals surface area contributed by atoms with Crippen molar-refractivity contribution in [1.82, 2.24) is 15.5 Å². The number of allylic oxidation sites excluding steroid dienone is 1. The minimum Gasteiger partial charge on any atom is -0.357 e. The Morgan fingerprint density at radius 1 is 1.39 bits per heavy atom. The number of guanidine groups is 1. The predicted octanol–water partition coefficient (Wildman–Crippen LogP) is 3.39. The summed E-state index contributed by atoms with van der Waals surface area (Å²) < 4.78 is 0. The zero-order chi connectivity index (χ0) is 15.9. The van der Waals surface area contributed by atoms with Crippen molar-refractivity contribution < 1.29 is 0 Å². The van der Waals surface area contributed by atoms with E-state index in [4.69, 9.17) is 4.99 Å². The molecule has 5 heteroatoms. The topological polar surface area (TPSA) is 39.7 Å². The van der Waals surface area contributed by atoms with Gasteiger partial charge in [-0.05, 0) is 52.4 Å². The Morgan fingerprint density at radius 3 is 2.74 bits per heavy atom. The average molecular weight is 434 g/mol. The van der Waals surface area contributed by atoms with Crippen molar-refractivity contribution in [2.24, 2.45) is 10.9 Å². The van der Waals surface area contributed by atoms with Gasteiger partial charge in [-0.3, -0.25) is 9.89 Å². The third-order valence-corrected chi connectivity index (χ3v) is 4.88. The molecule has 0 saturated carbocycles. The summed E-state index contributed by atoms with van der Waals surface area (Å²) >= 11 is 0. The van der Waals surface area contributed by atoms with Gasteiger partial charge in [-0.25, -0.2) is 0 Å². The average Bonchev–Trinajstić information content (AvgIpc) is 3.10. The van der Waals surface area contributed by atoms with Crippen LogP contribution in [0.25, 0.3) is 0 Å². The number of likely N-dealkylation sites (tertiary alicyclic amines) is 1. The van der Waals surface area contributed by atoms with Gasteiger partial charge in [-0.15, -0.1) is 24.0 Å². The molecule has 0 radical (unpaired) electrons. The van der Waals surface area contributed by atoms with Gasteiger partial charge in [0.05, 0.1) is 0 Å². The zero-order valence-electron chi connectivity index (χ0n) is 15.3. The van der Waals surface area contributed by atoms with Crippen molar-refractivity contribution >= 4 is 29.9 Å². The smallest absolute Gasteiger partial charge is 0.191 e. The second-order valence-corrected chi connectivity index (χ2v) is 7.04. The summed E-state index contributed by atoms with van der Waals surface area (Å²) in [6, 6.07) is 1.13. The van der Waals surface area contributed by atoms with Crippen LogP contribution in [0.2, 0.25) is 0 Å². The molecule has 0 spiro atoms. The Kier molecular flexibility index (Phi) is 9.51. The first-order valence-corrected chi connectivity index (χ1v) is 9.07. The summed E-state index contributed by atoms with van der Waals surface area (Å²) in [5.41, 5.74) is 1.60. The van der Waals surface area contributed by atoms with Gasteiger partial charge in [0.25, 0.3) is 0 Å². The van der Waals surface area contributed by atoms with Gasteiger partial charge in [0.2, 0.25) is 0 Å². The Labute approximate surface area is 159 Å². The maximum absolute atomic E-state index is 4.78. The van der Waals surface area contributed by atoms with Gasteiger partial charge in [0.15, 0.2) is 5.96 Å². The summed E-state index contributed by atoms with van der Waals surface area (Å²) in [6.45, 7) is 13.2. The first-order chi connectivity index (χ1) is 10.6. The molecule has 0 aromatic heterocycles. The maximum atomic E-state index is 4.78. The van der Waals surface area contributed by atoms with E-state index in [0.717, 1.165) is 32.0 Å². The zero-order valence-corrected chi connectivity index (χ0v) is 17.6. The molecule has 1 saturated heterocycles. The van der Waals surface area contributed by atoms with Crippen LogP contribution in [0.1, 0.15) is 53.4 Å². The number of hydrogen-bond acceptors (Lipinski definition) is 2. The second kappa shape index (κ2) is 10.5. The summed E-state index contributed by atoms with van der Waals surface area (Å²) in [5, 5.41) is 7.06. The standard InChI is InChI=1S/C18H34N4.HI/c1-5-19-18(20-11-10-16-8-6-7-9-16)21-17-13-22(14(2)3)12-15(17)4;/h8,14-15,17H,5-7,9-13H2,1-4H3,(H2,19,20,21);1H. The van der Waals surface area contributed by atoms with Crippen LogP contribution in [-0.2, 0) is 0 Å². The van der Waals surface area contributed by atoms with Gasteiger partial charge < -0.3 is 10.6 Å². The van der Waals surface area contributed by atoms with Crippen LogP contribution in [0, 0.1) is 5.92 Å². The molecule has 2 rings (SSSR count). The summed E-state index contributed by atoms with van der Waals surface area (Å²) in [5.74, 6) is 1.66. The summed E-state index contributed by atoms with van der Waals surface area (Å²) in [4.78, 5) is 7.33. The molecule has 4 nitrogen and oxygen atoms in total. The van der Waals surface area contributed by atoms with Gasteiger partial charge in [0, 0.05) is 38.3 Å². The molecule has 2 unspecified atom stereocenters. The van der Waals surface area contributed by atoms with Crippen LogP contribution < -0.4 is 10.6 Å². The molecule has 2 N–H and O–H groups in total. The van der Waals surface area contributed by atoms with Crippen molar-refractivity contribution in [3.63, 3.8) is 0 Å². The SMILES string of the molecule is CCNC(=NCCC1=CCCC1)NC1CN(C(C)C)CC1C.I. The summed E-state index contributed by atoms with van der Waals surface area (Å²) in [7, 11) is 0. The molecule has 0 aromatic carbocycles. The molecule has 2 aliphatic rings. The molecule has 23 heavy (non-hydrogen) atoms. The molecule has 1 heterocycles. The summed E-state index contributed by atoms with van der Waals surface area (Å²) in [6.07, 6.45) is 7.40. The Balaban J connectivity index is 0.00000264. The van der Waals surface area contributed by atoms with Crippen molar-refractivity contribution in [3.8, 4) is 0 Å². The maximum Gasteiger partial charge on any atom is 0.191 e. The second-order valence-electron chi connectivity index (χ2n) is 7.04. The van der Waals surface area contributed by atoms with Crippen molar-refractivity contribution in [1.29, 1.82) is 0 Å². The van der Waals surface area contributed by atoms with Crippen LogP contribution in [0.3, 0.4) is 0 Å².